The number of nitrogens with one attached hydrogen (secondary N) is 1. The van der Waals surface area contributed by atoms with Crippen LogP contribution < -0.4 is 5.32 Å². The average molecular weight is 270 g/mol. The highest BCUT2D eigenvalue weighted by atomic mass is 35.5. The van der Waals surface area contributed by atoms with Gasteiger partial charge in [0.15, 0.2) is 0 Å². The fraction of sp³-hybridized carbons (Fsp3) is 0.500. The molecule has 1 rings (SSSR count). The molecule has 0 aliphatic rings. The van der Waals surface area contributed by atoms with E-state index in [1.54, 1.807) is 0 Å². The van der Waals surface area contributed by atoms with E-state index in [-0.39, 0.29) is 12.4 Å². The Bertz CT molecular complexity index is 325. The molecule has 0 unspecified atom stereocenters. The highest BCUT2D eigenvalue weighted by Crippen LogP contribution is 2.28. The van der Waals surface area contributed by atoms with Crippen molar-refractivity contribution in [1.82, 2.24) is 9.88 Å². The van der Waals surface area contributed by atoms with Gasteiger partial charge in [-0.25, -0.2) is 4.98 Å². The molecule has 0 aliphatic heterocycles. The van der Waals surface area contributed by atoms with Gasteiger partial charge in [0, 0.05) is 19.3 Å². The molecule has 98 valence electrons. The first-order valence-electron chi connectivity index (χ1n) is 4.81. The fourth-order valence-corrected chi connectivity index (χ4v) is 1.07. The molecule has 0 bridgehead atoms. The first-order chi connectivity index (χ1) is 7.39. The number of hydrogen-bond acceptors (Lipinski definition) is 3. The first kappa shape index (κ1) is 16.0. The van der Waals surface area contributed by atoms with Gasteiger partial charge >= 0.3 is 6.18 Å². The average Bonchev–Trinajstić information content (AvgIpc) is 2.16. The van der Waals surface area contributed by atoms with Crippen LogP contribution in [0.2, 0.25) is 0 Å². The number of aromatic nitrogens is 1. The van der Waals surface area contributed by atoms with E-state index in [9.17, 15) is 13.2 Å². The molecule has 0 fully saturated rings. The Morgan fingerprint density at radius 3 is 2.35 bits per heavy atom. The normalized spacial score (nSPS) is 11.2. The number of halogens is 4. The van der Waals surface area contributed by atoms with E-state index in [4.69, 9.17) is 0 Å². The molecule has 0 aliphatic carbocycles. The summed E-state index contributed by atoms with van der Waals surface area (Å²) in [5, 5.41) is 2.93. The zero-order valence-corrected chi connectivity index (χ0v) is 10.4. The Hall–Kier alpha value is -1.01. The summed E-state index contributed by atoms with van der Waals surface area (Å²) in [6, 6.07) is 2.35. The zero-order chi connectivity index (χ0) is 12.2. The third kappa shape index (κ3) is 5.74. The van der Waals surface area contributed by atoms with Gasteiger partial charge in [0.25, 0.3) is 0 Å². The third-order valence-electron chi connectivity index (χ3n) is 1.96. The van der Waals surface area contributed by atoms with E-state index >= 15 is 0 Å². The standard InChI is InChI=1S/C10H14F3N3.ClH/c1-16(2)6-5-14-9-4-3-8(7-15-9)10(11,12)13;/h3-4,7H,5-6H2,1-2H3,(H,14,15);1H. The molecule has 1 aromatic rings. The van der Waals surface area contributed by atoms with Crippen LogP contribution >= 0.6 is 12.4 Å². The van der Waals surface area contributed by atoms with Gasteiger partial charge in [-0.05, 0) is 26.2 Å². The van der Waals surface area contributed by atoms with Crippen molar-refractivity contribution < 1.29 is 13.2 Å². The first-order valence-corrected chi connectivity index (χ1v) is 4.81. The van der Waals surface area contributed by atoms with Crippen molar-refractivity contribution in [3.05, 3.63) is 23.9 Å². The summed E-state index contributed by atoms with van der Waals surface area (Å²) >= 11 is 0. The smallest absolute Gasteiger partial charge is 0.369 e. The molecule has 0 amide bonds. The van der Waals surface area contributed by atoms with Gasteiger partial charge in [-0.3, -0.25) is 0 Å². The van der Waals surface area contributed by atoms with Gasteiger partial charge < -0.3 is 10.2 Å². The van der Waals surface area contributed by atoms with E-state index in [0.717, 1.165) is 18.8 Å². The van der Waals surface area contributed by atoms with Crippen LogP contribution in [0.25, 0.3) is 0 Å². The highest BCUT2D eigenvalue weighted by Gasteiger charge is 2.30. The second-order valence-electron chi connectivity index (χ2n) is 3.66. The van der Waals surface area contributed by atoms with Gasteiger partial charge in [0.1, 0.15) is 5.82 Å². The molecule has 17 heavy (non-hydrogen) atoms. The Labute approximate surface area is 104 Å². The van der Waals surface area contributed by atoms with Crippen molar-refractivity contribution in [2.24, 2.45) is 0 Å². The molecule has 0 saturated heterocycles. The summed E-state index contributed by atoms with van der Waals surface area (Å²) in [6.45, 7) is 1.44. The van der Waals surface area contributed by atoms with Crippen molar-refractivity contribution >= 4 is 18.2 Å². The Balaban J connectivity index is 0.00000256. The molecule has 1 N–H and O–H groups in total. The lowest BCUT2D eigenvalue weighted by atomic mass is 10.3. The van der Waals surface area contributed by atoms with Crippen LogP contribution in [0.3, 0.4) is 0 Å². The Morgan fingerprint density at radius 2 is 1.94 bits per heavy atom. The predicted octanol–water partition coefficient (Wildman–Crippen LogP) is 2.50. The number of hydrogen-bond donors (Lipinski definition) is 1. The number of pyridine rings is 1. The largest absolute Gasteiger partial charge is 0.417 e. The van der Waals surface area contributed by atoms with Crippen LogP contribution in [0.1, 0.15) is 5.56 Å². The second-order valence-corrected chi connectivity index (χ2v) is 3.66. The van der Waals surface area contributed by atoms with E-state index in [0.29, 0.717) is 12.4 Å². The van der Waals surface area contributed by atoms with Crippen LogP contribution in [0, 0.1) is 0 Å². The molecule has 3 nitrogen and oxygen atoms in total. The Morgan fingerprint density at radius 1 is 1.29 bits per heavy atom. The lowest BCUT2D eigenvalue weighted by molar-refractivity contribution is -0.137. The molecular weight excluding hydrogens is 255 g/mol. The predicted molar refractivity (Wildman–Crippen MR) is 63.5 cm³/mol. The van der Waals surface area contributed by atoms with Crippen molar-refractivity contribution in [3.63, 3.8) is 0 Å². The van der Waals surface area contributed by atoms with Crippen LogP contribution in [-0.4, -0.2) is 37.1 Å². The van der Waals surface area contributed by atoms with Gasteiger partial charge in [0.2, 0.25) is 0 Å². The summed E-state index contributed by atoms with van der Waals surface area (Å²) in [4.78, 5) is 5.66. The summed E-state index contributed by atoms with van der Waals surface area (Å²) < 4.78 is 36.6. The Kier molecular flexibility index (Phi) is 6.26. The van der Waals surface area contributed by atoms with Crippen molar-refractivity contribution in [3.8, 4) is 0 Å². The minimum absolute atomic E-state index is 0. The zero-order valence-electron chi connectivity index (χ0n) is 9.58. The maximum absolute atomic E-state index is 12.2. The summed E-state index contributed by atoms with van der Waals surface area (Å²) in [5.41, 5.74) is -0.731. The molecule has 1 aromatic heterocycles. The van der Waals surface area contributed by atoms with Gasteiger partial charge in [-0.15, -0.1) is 12.4 Å². The fourth-order valence-electron chi connectivity index (χ4n) is 1.07. The molecule has 1 heterocycles. The van der Waals surface area contributed by atoms with Crippen molar-refractivity contribution in [1.29, 1.82) is 0 Å². The van der Waals surface area contributed by atoms with E-state index in [1.807, 2.05) is 19.0 Å². The maximum atomic E-state index is 12.2. The minimum atomic E-state index is -4.32. The number of anilines is 1. The second kappa shape index (κ2) is 6.66. The molecule has 0 spiro atoms. The number of alkyl halides is 3. The quantitative estimate of drug-likeness (QED) is 0.910. The van der Waals surface area contributed by atoms with Gasteiger partial charge in [-0.1, -0.05) is 0 Å². The van der Waals surface area contributed by atoms with Gasteiger partial charge in [-0.2, -0.15) is 13.2 Å². The number of likely N-dealkylation sites (N-methyl/N-ethyl adjacent to an activating group) is 1. The third-order valence-corrected chi connectivity index (χ3v) is 1.96. The molecular formula is C10H15ClF3N3. The molecule has 0 saturated carbocycles. The summed E-state index contributed by atoms with van der Waals surface area (Å²) in [5.74, 6) is 0.454. The maximum Gasteiger partial charge on any atom is 0.417 e. The van der Waals surface area contributed by atoms with Crippen LogP contribution in [0.15, 0.2) is 18.3 Å². The van der Waals surface area contributed by atoms with Crippen molar-refractivity contribution in [2.45, 2.75) is 6.18 Å². The van der Waals surface area contributed by atoms with Crippen LogP contribution in [0.5, 0.6) is 0 Å². The monoisotopic (exact) mass is 269 g/mol. The highest BCUT2D eigenvalue weighted by molar-refractivity contribution is 5.85. The topological polar surface area (TPSA) is 28.2 Å². The minimum Gasteiger partial charge on any atom is -0.369 e. The van der Waals surface area contributed by atoms with Gasteiger partial charge in [0.05, 0.1) is 5.56 Å². The van der Waals surface area contributed by atoms with E-state index < -0.39 is 11.7 Å². The lowest BCUT2D eigenvalue weighted by Gasteiger charge is -2.11. The van der Waals surface area contributed by atoms with E-state index in [2.05, 4.69) is 10.3 Å². The summed E-state index contributed by atoms with van der Waals surface area (Å²) in [6.07, 6.45) is -3.49. The van der Waals surface area contributed by atoms with Crippen molar-refractivity contribution in [2.75, 3.05) is 32.5 Å². The van der Waals surface area contributed by atoms with Crippen LogP contribution in [0.4, 0.5) is 19.0 Å². The molecule has 7 heteroatoms. The number of rotatable bonds is 4. The molecule has 0 aromatic carbocycles. The SMILES string of the molecule is CN(C)CCNc1ccc(C(F)(F)F)cn1.Cl. The summed E-state index contributed by atoms with van der Waals surface area (Å²) in [7, 11) is 3.84. The lowest BCUT2D eigenvalue weighted by Crippen LogP contribution is -2.21. The number of nitrogens with zero attached hydrogens (tertiary/aromatic N) is 2. The molecule has 0 radical (unpaired) electrons. The van der Waals surface area contributed by atoms with E-state index in [1.165, 1.54) is 6.07 Å². The molecule has 0 atom stereocenters. The van der Waals surface area contributed by atoms with Crippen LogP contribution in [-0.2, 0) is 6.18 Å².